The highest BCUT2D eigenvalue weighted by Crippen LogP contribution is 2.28. The molecule has 1 aliphatic heterocycles. The number of ether oxygens (including phenoxy) is 2. The Morgan fingerprint density at radius 1 is 1.06 bits per heavy atom. The first-order chi connectivity index (χ1) is 15.0. The lowest BCUT2D eigenvalue weighted by Crippen LogP contribution is -2.40. The van der Waals surface area contributed by atoms with Gasteiger partial charge in [0.25, 0.3) is 0 Å². The molecule has 3 rings (SSSR count). The molecule has 6 heteroatoms. The fraction of sp³-hybridized carbons (Fsp3) is 0.440. The van der Waals surface area contributed by atoms with Crippen molar-refractivity contribution in [2.75, 3.05) is 13.1 Å². The maximum Gasteiger partial charge on any atom is 0.410 e. The second kappa shape index (κ2) is 10.8. The van der Waals surface area contributed by atoms with Crippen molar-refractivity contribution < 1.29 is 24.2 Å². The molecule has 1 aliphatic rings. The minimum absolute atomic E-state index is 0.127. The molecule has 31 heavy (non-hydrogen) atoms. The molecule has 1 atom stereocenters. The molecule has 2 aromatic rings. The van der Waals surface area contributed by atoms with Gasteiger partial charge in [0.1, 0.15) is 12.4 Å². The quantitative estimate of drug-likeness (QED) is 0.660. The average Bonchev–Trinajstić information content (AvgIpc) is 2.78. The minimum Gasteiger partial charge on any atom is -0.488 e. The maximum atomic E-state index is 12.4. The third kappa shape index (κ3) is 6.23. The van der Waals surface area contributed by atoms with Crippen LogP contribution in [0, 0.1) is 6.92 Å². The number of piperidine rings is 1. The van der Waals surface area contributed by atoms with Crippen LogP contribution < -0.4 is 4.74 Å². The highest BCUT2D eigenvalue weighted by Gasteiger charge is 2.27. The summed E-state index contributed by atoms with van der Waals surface area (Å²) < 4.78 is 11.4. The highest BCUT2D eigenvalue weighted by molar-refractivity contribution is 5.77. The summed E-state index contributed by atoms with van der Waals surface area (Å²) in [5, 5.41) is 9.62. The van der Waals surface area contributed by atoms with Crippen molar-refractivity contribution in [1.29, 1.82) is 0 Å². The van der Waals surface area contributed by atoms with E-state index >= 15 is 0 Å². The summed E-state index contributed by atoms with van der Waals surface area (Å²) in [6, 6.07) is 13.8. The first-order valence-electron chi connectivity index (χ1n) is 11.0. The number of amides is 1. The molecule has 0 spiro atoms. The van der Waals surface area contributed by atoms with Gasteiger partial charge in [0, 0.05) is 19.5 Å². The van der Waals surface area contributed by atoms with E-state index in [4.69, 9.17) is 9.47 Å². The Balaban J connectivity index is 1.70. The summed E-state index contributed by atoms with van der Waals surface area (Å²) in [4.78, 5) is 25.8. The molecule has 166 valence electrons. The van der Waals surface area contributed by atoms with Gasteiger partial charge in [-0.2, -0.15) is 0 Å². The molecule has 0 aromatic heterocycles. The van der Waals surface area contributed by atoms with Gasteiger partial charge in [-0.3, -0.25) is 0 Å². The van der Waals surface area contributed by atoms with Crippen LogP contribution in [0.15, 0.2) is 42.5 Å². The molecule has 0 radical (unpaired) electrons. The number of likely N-dealkylation sites (tertiary alicyclic amines) is 1. The van der Waals surface area contributed by atoms with Gasteiger partial charge in [-0.15, -0.1) is 0 Å². The topological polar surface area (TPSA) is 76.1 Å². The fourth-order valence-electron chi connectivity index (χ4n) is 3.91. The Hall–Kier alpha value is -3.02. The number of carboxylic acids is 1. The Labute approximate surface area is 183 Å². The van der Waals surface area contributed by atoms with Crippen molar-refractivity contribution in [3.63, 3.8) is 0 Å². The van der Waals surface area contributed by atoms with Crippen LogP contribution in [-0.4, -0.2) is 41.3 Å². The first-order valence-corrected chi connectivity index (χ1v) is 11.0. The molecule has 0 bridgehead atoms. The molecule has 1 heterocycles. The minimum atomic E-state index is -1.21. The van der Waals surface area contributed by atoms with Crippen LogP contribution in [0.1, 0.15) is 48.4 Å². The number of carboxylic acid groups (broad SMARTS) is 1. The van der Waals surface area contributed by atoms with Gasteiger partial charge in [0.05, 0.1) is 0 Å². The Bertz CT molecular complexity index is 890. The van der Waals surface area contributed by atoms with Crippen LogP contribution in [0.25, 0.3) is 0 Å². The molecule has 6 nitrogen and oxygen atoms in total. The molecular weight excluding hydrogens is 394 g/mol. The second-order valence-corrected chi connectivity index (χ2v) is 7.99. The van der Waals surface area contributed by atoms with Crippen molar-refractivity contribution in [2.45, 2.75) is 58.7 Å². The van der Waals surface area contributed by atoms with Crippen LogP contribution >= 0.6 is 0 Å². The van der Waals surface area contributed by atoms with Crippen molar-refractivity contribution in [1.82, 2.24) is 4.90 Å². The number of nitrogens with zero attached hydrogens (tertiary/aromatic N) is 1. The van der Waals surface area contributed by atoms with Crippen molar-refractivity contribution in [3.05, 3.63) is 64.7 Å². The van der Waals surface area contributed by atoms with Crippen LogP contribution in [0.4, 0.5) is 4.79 Å². The van der Waals surface area contributed by atoms with Gasteiger partial charge in [0.15, 0.2) is 0 Å². The lowest BCUT2D eigenvalue weighted by Gasteiger charge is -2.27. The zero-order valence-electron chi connectivity index (χ0n) is 18.3. The number of hydrogen-bond acceptors (Lipinski definition) is 4. The van der Waals surface area contributed by atoms with E-state index < -0.39 is 18.2 Å². The van der Waals surface area contributed by atoms with Crippen LogP contribution in [0.2, 0.25) is 0 Å². The lowest BCUT2D eigenvalue weighted by atomic mass is 9.99. The largest absolute Gasteiger partial charge is 0.488 e. The van der Waals surface area contributed by atoms with E-state index in [9.17, 15) is 14.7 Å². The molecule has 1 N–H and O–H groups in total. The molecule has 0 saturated carbocycles. The van der Waals surface area contributed by atoms with E-state index in [1.54, 1.807) is 4.90 Å². The van der Waals surface area contributed by atoms with E-state index in [0.29, 0.717) is 19.7 Å². The third-order valence-corrected chi connectivity index (χ3v) is 5.57. The number of aliphatic carboxylic acids is 1. The standard InChI is InChI=1S/C25H31NO5/c1-3-21-15-20(14-18(2)23(21)30-17-19-10-6-4-7-11-19)16-22(24(27)28)31-25(29)26-12-8-5-9-13-26/h4,6-7,10-11,14-15,22H,3,5,8-9,12-13,16-17H2,1-2H3,(H,27,28)/t22-/m1/s1. The van der Waals surface area contributed by atoms with E-state index in [2.05, 4.69) is 0 Å². The molecule has 0 unspecified atom stereocenters. The summed E-state index contributed by atoms with van der Waals surface area (Å²) in [6.07, 6.45) is 2.07. The van der Waals surface area contributed by atoms with Crippen LogP contribution in [0.5, 0.6) is 5.75 Å². The zero-order chi connectivity index (χ0) is 22.2. The lowest BCUT2D eigenvalue weighted by molar-refractivity contribution is -0.147. The number of rotatable bonds is 8. The molecule has 0 aliphatic carbocycles. The van der Waals surface area contributed by atoms with Gasteiger partial charge in [-0.1, -0.05) is 49.4 Å². The van der Waals surface area contributed by atoms with E-state index in [1.807, 2.05) is 56.3 Å². The average molecular weight is 426 g/mol. The summed E-state index contributed by atoms with van der Waals surface area (Å²) in [7, 11) is 0. The summed E-state index contributed by atoms with van der Waals surface area (Å²) in [5.74, 6) is -0.308. The van der Waals surface area contributed by atoms with Gasteiger partial charge >= 0.3 is 12.1 Å². The monoisotopic (exact) mass is 425 g/mol. The summed E-state index contributed by atoms with van der Waals surface area (Å²) in [6.45, 7) is 5.71. The van der Waals surface area contributed by atoms with Crippen molar-refractivity contribution in [3.8, 4) is 5.75 Å². The molecule has 1 saturated heterocycles. The maximum absolute atomic E-state index is 12.4. The molecule has 2 aromatic carbocycles. The second-order valence-electron chi connectivity index (χ2n) is 7.99. The predicted octanol–water partition coefficient (Wildman–Crippen LogP) is 4.75. The van der Waals surface area contributed by atoms with Gasteiger partial charge in [-0.25, -0.2) is 9.59 Å². The third-order valence-electron chi connectivity index (χ3n) is 5.57. The van der Waals surface area contributed by atoms with Gasteiger partial charge in [-0.05, 0) is 54.9 Å². The number of aryl methyl sites for hydroxylation is 2. The number of carbonyl (C=O) groups is 2. The van der Waals surface area contributed by atoms with Gasteiger partial charge < -0.3 is 19.5 Å². The number of carbonyl (C=O) groups excluding carboxylic acids is 1. The Morgan fingerprint density at radius 2 is 1.77 bits per heavy atom. The Kier molecular flexibility index (Phi) is 7.93. The number of benzene rings is 2. The van der Waals surface area contributed by atoms with Gasteiger partial charge in [0.2, 0.25) is 6.10 Å². The normalized spacial score (nSPS) is 14.7. The van der Waals surface area contributed by atoms with Crippen molar-refractivity contribution in [2.24, 2.45) is 0 Å². The zero-order valence-corrected chi connectivity index (χ0v) is 18.3. The summed E-state index contributed by atoms with van der Waals surface area (Å²) in [5.41, 5.74) is 3.86. The van der Waals surface area contributed by atoms with Crippen molar-refractivity contribution >= 4 is 12.1 Å². The Morgan fingerprint density at radius 3 is 2.42 bits per heavy atom. The first kappa shape index (κ1) is 22.7. The van der Waals surface area contributed by atoms with E-state index in [1.165, 1.54) is 0 Å². The van der Waals surface area contributed by atoms with E-state index in [0.717, 1.165) is 53.7 Å². The predicted molar refractivity (Wildman–Crippen MR) is 118 cm³/mol. The molecular formula is C25H31NO5. The summed E-state index contributed by atoms with van der Waals surface area (Å²) >= 11 is 0. The molecule has 1 fully saturated rings. The highest BCUT2D eigenvalue weighted by atomic mass is 16.6. The van der Waals surface area contributed by atoms with Crippen LogP contribution in [0.3, 0.4) is 0 Å². The van der Waals surface area contributed by atoms with Crippen LogP contribution in [-0.2, 0) is 29.0 Å². The van der Waals surface area contributed by atoms with E-state index in [-0.39, 0.29) is 6.42 Å². The fourth-order valence-corrected chi connectivity index (χ4v) is 3.91. The smallest absolute Gasteiger partial charge is 0.410 e. The number of hydrogen-bond donors (Lipinski definition) is 1. The molecule has 1 amide bonds. The SMILES string of the molecule is CCc1cc(C[C@@H](OC(=O)N2CCCCC2)C(=O)O)cc(C)c1OCc1ccccc1.